The molecular weight excluding hydrogens is 1120 g/mol. The number of unbranched alkanes of at least 4 members (excludes halogenated alkanes) is 4. The number of nitrogens with zero attached hydrogens (tertiary/aromatic N) is 3. The molecule has 0 bridgehead atoms. The van der Waals surface area contributed by atoms with Crippen molar-refractivity contribution in [1.29, 1.82) is 0 Å². The lowest BCUT2D eigenvalue weighted by Gasteiger charge is -2.25. The minimum Gasteiger partial charge on any atom is -0.462 e. The molecule has 0 aromatic carbocycles. The molecule has 0 amide bonds. The summed E-state index contributed by atoms with van der Waals surface area (Å²) in [5.41, 5.74) is 0. The van der Waals surface area contributed by atoms with E-state index in [4.69, 9.17) is 56.8 Å². The largest absolute Gasteiger partial charge is 0.508 e. The predicted molar refractivity (Wildman–Crippen MR) is 324 cm³/mol. The van der Waals surface area contributed by atoms with E-state index in [0.29, 0.717) is 39.0 Å². The molecule has 0 N–H and O–H groups in total. The molecule has 0 aliphatic carbocycles. The molecule has 0 fully saturated rings. The van der Waals surface area contributed by atoms with Gasteiger partial charge in [-0.3, -0.25) is 19.2 Å². The highest BCUT2D eigenvalue weighted by Gasteiger charge is 2.19. The smallest absolute Gasteiger partial charge is 0.462 e. The third-order valence-corrected chi connectivity index (χ3v) is 14.7. The van der Waals surface area contributed by atoms with Gasteiger partial charge in [-0.2, -0.15) is 0 Å². The third kappa shape index (κ3) is 48.9. The summed E-state index contributed by atoms with van der Waals surface area (Å²) in [6.45, 7) is 20.0. The summed E-state index contributed by atoms with van der Waals surface area (Å²) in [7, 11) is 1.97. The second-order valence-corrected chi connectivity index (χ2v) is 21.9. The first-order valence-corrected chi connectivity index (χ1v) is 32.5. The number of ether oxygens (including phenoxy) is 12. The minimum absolute atomic E-state index is 0.0113. The lowest BCUT2D eigenvalue weighted by molar-refractivity contribution is -0.147. The number of esters is 4. The van der Waals surface area contributed by atoms with Gasteiger partial charge in [-0.15, -0.1) is 0 Å². The fourth-order valence-corrected chi connectivity index (χ4v) is 8.82. The van der Waals surface area contributed by atoms with Gasteiger partial charge in [-0.05, 0) is 95.4 Å². The lowest BCUT2D eigenvalue weighted by Crippen LogP contribution is -2.34. The van der Waals surface area contributed by atoms with Crippen LogP contribution in [0.15, 0.2) is 0 Å². The molecule has 0 spiro atoms. The van der Waals surface area contributed by atoms with E-state index in [2.05, 4.69) is 60.3 Å². The summed E-state index contributed by atoms with van der Waals surface area (Å²) in [5, 5.41) is 0. The summed E-state index contributed by atoms with van der Waals surface area (Å²) in [6.07, 6.45) is 14.0. The number of hydrogen-bond acceptors (Lipinski definition) is 23. The normalized spacial score (nSPS) is 12.6. The van der Waals surface area contributed by atoms with Gasteiger partial charge in [-0.25, -0.2) is 19.2 Å². The van der Waals surface area contributed by atoms with Crippen molar-refractivity contribution in [2.45, 2.75) is 197 Å². The second kappa shape index (κ2) is 56.4. The molecule has 0 aliphatic rings. The average Bonchev–Trinajstić information content (AvgIpc) is 3.55. The van der Waals surface area contributed by atoms with Gasteiger partial charge in [0.15, 0.2) is 0 Å². The highest BCUT2D eigenvalue weighted by atomic mass is 16.7. The van der Waals surface area contributed by atoms with E-state index < -0.39 is 48.5 Å². The van der Waals surface area contributed by atoms with Crippen molar-refractivity contribution in [1.82, 2.24) is 14.7 Å². The molecule has 0 saturated carbocycles. The molecule has 0 aromatic heterocycles. The van der Waals surface area contributed by atoms with E-state index in [1.807, 2.05) is 16.8 Å². The zero-order valence-corrected chi connectivity index (χ0v) is 54.5. The van der Waals surface area contributed by atoms with Crippen molar-refractivity contribution in [2.75, 3.05) is 139 Å². The number of carbonyl (C=O) groups is 8. The van der Waals surface area contributed by atoms with E-state index in [9.17, 15) is 38.4 Å². The maximum atomic E-state index is 12.8. The fourth-order valence-electron chi connectivity index (χ4n) is 8.82. The summed E-state index contributed by atoms with van der Waals surface area (Å²) in [5.74, 6) is -0.974. The molecule has 23 nitrogen and oxygen atoms in total. The summed E-state index contributed by atoms with van der Waals surface area (Å²) in [4.78, 5) is 106. The van der Waals surface area contributed by atoms with Gasteiger partial charge in [0.05, 0.1) is 52.1 Å². The second-order valence-electron chi connectivity index (χ2n) is 21.9. The van der Waals surface area contributed by atoms with Gasteiger partial charge in [0.1, 0.15) is 52.9 Å². The van der Waals surface area contributed by atoms with Crippen molar-refractivity contribution in [3.05, 3.63) is 0 Å². The molecule has 0 rings (SSSR count). The van der Waals surface area contributed by atoms with Crippen LogP contribution in [0.25, 0.3) is 0 Å². The zero-order chi connectivity index (χ0) is 63.8. The minimum atomic E-state index is -0.808. The Balaban J connectivity index is 5.48. The molecule has 4 atom stereocenters. The number of hydrogen-bond donors (Lipinski definition) is 0. The van der Waals surface area contributed by atoms with Crippen molar-refractivity contribution in [3.63, 3.8) is 0 Å². The SMILES string of the molecule is CCCCC(CC)COC(=O)OCCOC(=O)CCN(CCCN(C)CCCN(CCC(=O)OCCOC(=O)OCC(CC)CCCC)CCC(=O)OCCOC(=O)OCC(CC)CCCC)CCC(=O)OCCOC(=O)OCC(CC)CCCC. The van der Waals surface area contributed by atoms with E-state index in [0.717, 1.165) is 103 Å². The Morgan fingerprint density at radius 1 is 0.279 bits per heavy atom. The molecule has 0 saturated heterocycles. The molecule has 23 heteroatoms. The Morgan fingerprint density at radius 2 is 0.500 bits per heavy atom. The van der Waals surface area contributed by atoms with Crippen molar-refractivity contribution < 1.29 is 95.2 Å². The highest BCUT2D eigenvalue weighted by Crippen LogP contribution is 2.17. The lowest BCUT2D eigenvalue weighted by atomic mass is 10.0. The molecule has 0 aliphatic heterocycles. The van der Waals surface area contributed by atoms with Crippen LogP contribution in [-0.4, -0.2) is 202 Å². The van der Waals surface area contributed by atoms with Gasteiger partial charge in [0.25, 0.3) is 0 Å². The third-order valence-electron chi connectivity index (χ3n) is 14.7. The van der Waals surface area contributed by atoms with Gasteiger partial charge in [0.2, 0.25) is 0 Å². The summed E-state index contributed by atoms with van der Waals surface area (Å²) < 4.78 is 62.8. The fraction of sp³-hybridized carbons (Fsp3) is 0.873. The number of carbonyl (C=O) groups excluding carboxylic acids is 8. The molecule has 0 heterocycles. The van der Waals surface area contributed by atoms with Crippen molar-refractivity contribution in [3.8, 4) is 0 Å². The van der Waals surface area contributed by atoms with Crippen LogP contribution in [0.4, 0.5) is 19.2 Å². The van der Waals surface area contributed by atoms with E-state index in [1.165, 1.54) is 0 Å². The monoisotopic (exact) mass is 1230 g/mol. The summed E-state index contributed by atoms with van der Waals surface area (Å²) >= 11 is 0. The van der Waals surface area contributed by atoms with E-state index in [-0.39, 0.29) is 155 Å². The molecule has 4 unspecified atom stereocenters. The molecule has 502 valence electrons. The molecular formula is C63H115N3O20. The van der Waals surface area contributed by atoms with Crippen LogP contribution in [0.3, 0.4) is 0 Å². The van der Waals surface area contributed by atoms with E-state index in [1.54, 1.807) is 0 Å². The Morgan fingerprint density at radius 3 is 0.709 bits per heavy atom. The van der Waals surface area contributed by atoms with Crippen molar-refractivity contribution >= 4 is 48.5 Å². The van der Waals surface area contributed by atoms with Gasteiger partial charge >= 0.3 is 48.5 Å². The zero-order valence-electron chi connectivity index (χ0n) is 54.5. The van der Waals surface area contributed by atoms with Crippen LogP contribution in [0.5, 0.6) is 0 Å². The Hall–Kier alpha value is -5.16. The maximum Gasteiger partial charge on any atom is 0.508 e. The van der Waals surface area contributed by atoms with E-state index >= 15 is 0 Å². The predicted octanol–water partition coefficient (Wildman–Crippen LogP) is 11.5. The van der Waals surface area contributed by atoms with Crippen LogP contribution >= 0.6 is 0 Å². The van der Waals surface area contributed by atoms with Crippen molar-refractivity contribution in [2.24, 2.45) is 23.7 Å². The molecule has 0 radical (unpaired) electrons. The Bertz CT molecular complexity index is 1530. The quantitative estimate of drug-likeness (QED) is 0.0311. The van der Waals surface area contributed by atoms with Gasteiger partial charge < -0.3 is 71.5 Å². The first-order chi connectivity index (χ1) is 41.5. The van der Waals surface area contributed by atoms with Crippen LogP contribution in [-0.2, 0) is 76.0 Å². The molecule has 0 aromatic rings. The van der Waals surface area contributed by atoms with Gasteiger partial charge in [-0.1, -0.05) is 132 Å². The standard InChI is InChI=1S/C63H115N3O20/c1-10-18-24-52(14-5)48-83-60(71)79-44-40-75-56(67)28-36-65(37-29-57(68)76-41-45-80-61(72)84-49-53(15-6)25-19-11-2)34-22-32-64(9)33-23-35-66(38-30-58(69)77-42-46-81-62(73)85-50-54(16-7)26-20-12-3)39-31-59(70)78-43-47-82-63(74)86-51-55(17-8)27-21-13-4/h52-55H,10-51H2,1-9H3. The number of rotatable bonds is 56. The maximum absolute atomic E-state index is 12.8. The van der Waals surface area contributed by atoms with Gasteiger partial charge in [0, 0.05) is 26.2 Å². The summed E-state index contributed by atoms with van der Waals surface area (Å²) in [6, 6.07) is 0. The highest BCUT2D eigenvalue weighted by molar-refractivity contribution is 5.71. The Labute approximate surface area is 515 Å². The van der Waals surface area contributed by atoms with Crippen LogP contribution in [0.2, 0.25) is 0 Å². The van der Waals surface area contributed by atoms with Crippen LogP contribution in [0, 0.1) is 23.7 Å². The first kappa shape index (κ1) is 80.8. The Kier molecular flexibility index (Phi) is 53.0. The first-order valence-electron chi connectivity index (χ1n) is 32.5. The van der Waals surface area contributed by atoms with Crippen LogP contribution in [0.1, 0.15) is 197 Å². The van der Waals surface area contributed by atoms with Crippen LogP contribution < -0.4 is 0 Å². The average molecular weight is 1230 g/mol. The molecule has 86 heavy (non-hydrogen) atoms. The topological polar surface area (TPSA) is 257 Å².